The van der Waals surface area contributed by atoms with E-state index in [1.54, 1.807) is 0 Å². The molecule has 0 bridgehead atoms. The Hall–Kier alpha value is -2.51. The van der Waals surface area contributed by atoms with Crippen LogP contribution >= 0.6 is 0 Å². The van der Waals surface area contributed by atoms with E-state index in [0.717, 1.165) is 46.0 Å². The number of allylic oxidation sites excluding steroid dienone is 2. The van der Waals surface area contributed by atoms with Gasteiger partial charge in [0.15, 0.2) is 17.0 Å². The summed E-state index contributed by atoms with van der Waals surface area (Å²) in [6, 6.07) is 0. The van der Waals surface area contributed by atoms with Crippen molar-refractivity contribution < 1.29 is 14.4 Å². The standard InChI is InChI=1S/C24H39N3O5/c1-4-5-6-7-8-9-10-11-12-13-14-15-16-17-18-24(19(2)28,20(3)29)21(30)27-22(31)25-26-23(27)32/h11-12H,4-10,13-18H2,1-3H3,(H,25,31)(H,26,32). The van der Waals surface area contributed by atoms with E-state index in [1.807, 2.05) is 10.2 Å². The van der Waals surface area contributed by atoms with Crippen molar-refractivity contribution in [2.24, 2.45) is 5.41 Å². The molecule has 0 aliphatic carbocycles. The molecule has 1 heterocycles. The molecule has 0 aromatic carbocycles. The zero-order valence-electron chi connectivity index (χ0n) is 19.8. The first kappa shape index (κ1) is 27.5. The highest BCUT2D eigenvalue weighted by Crippen LogP contribution is 2.30. The second-order valence-corrected chi connectivity index (χ2v) is 8.50. The molecule has 0 amide bonds. The van der Waals surface area contributed by atoms with Crippen molar-refractivity contribution in [1.29, 1.82) is 0 Å². The largest absolute Gasteiger partial charge is 0.351 e. The van der Waals surface area contributed by atoms with Gasteiger partial charge in [-0.2, -0.15) is 4.57 Å². The van der Waals surface area contributed by atoms with Gasteiger partial charge in [-0.1, -0.05) is 70.4 Å². The van der Waals surface area contributed by atoms with Crippen LogP contribution in [0.2, 0.25) is 0 Å². The minimum absolute atomic E-state index is 0.0125. The SMILES string of the molecule is CCCCCCCCC=CCCCCCCC(C(C)=O)(C(C)=O)C(=O)n1c(=O)[nH][nH]c1=O. The van der Waals surface area contributed by atoms with E-state index in [1.165, 1.54) is 38.5 Å². The number of rotatable bonds is 17. The molecular formula is C24H39N3O5. The molecule has 2 N–H and O–H groups in total. The highest BCUT2D eigenvalue weighted by atomic mass is 16.2. The van der Waals surface area contributed by atoms with E-state index in [9.17, 15) is 24.0 Å². The van der Waals surface area contributed by atoms with Crippen molar-refractivity contribution in [3.05, 3.63) is 33.1 Å². The zero-order valence-corrected chi connectivity index (χ0v) is 19.8. The molecule has 1 aromatic rings. The predicted octanol–water partition coefficient (Wildman–Crippen LogP) is 4.32. The average molecular weight is 450 g/mol. The quantitative estimate of drug-likeness (QED) is 0.208. The molecule has 32 heavy (non-hydrogen) atoms. The van der Waals surface area contributed by atoms with E-state index in [0.29, 0.717) is 11.0 Å². The number of aromatic amines is 2. The van der Waals surface area contributed by atoms with Gasteiger partial charge in [-0.25, -0.2) is 19.8 Å². The Kier molecular flexibility index (Phi) is 12.5. The number of nitrogens with one attached hydrogen (secondary N) is 2. The summed E-state index contributed by atoms with van der Waals surface area (Å²) in [7, 11) is 0. The number of nitrogens with zero attached hydrogens (tertiary/aromatic N) is 1. The Bertz CT molecular complexity index is 833. The van der Waals surface area contributed by atoms with E-state index in [4.69, 9.17) is 0 Å². The predicted molar refractivity (Wildman–Crippen MR) is 125 cm³/mol. The highest BCUT2D eigenvalue weighted by Gasteiger charge is 2.49. The first-order valence-corrected chi connectivity index (χ1v) is 11.9. The highest BCUT2D eigenvalue weighted by molar-refractivity contribution is 6.23. The number of aromatic nitrogens is 3. The smallest absolute Gasteiger partial charge is 0.298 e. The second-order valence-electron chi connectivity index (χ2n) is 8.50. The average Bonchev–Trinajstić information content (AvgIpc) is 3.08. The fourth-order valence-electron chi connectivity index (χ4n) is 3.98. The number of carbonyl (C=O) groups is 3. The van der Waals surface area contributed by atoms with Crippen molar-refractivity contribution >= 4 is 17.5 Å². The molecule has 0 saturated carbocycles. The Balaban J connectivity index is 2.45. The lowest BCUT2D eigenvalue weighted by atomic mass is 9.74. The van der Waals surface area contributed by atoms with Crippen molar-refractivity contribution in [2.45, 2.75) is 104 Å². The molecular weight excluding hydrogens is 410 g/mol. The second kappa shape index (κ2) is 14.5. The van der Waals surface area contributed by atoms with Gasteiger partial charge in [-0.3, -0.25) is 14.4 Å². The van der Waals surface area contributed by atoms with Gasteiger partial charge in [-0.05, 0) is 46.0 Å². The number of unbranched alkanes of at least 4 members (excludes halogenated alkanes) is 10. The summed E-state index contributed by atoms with van der Waals surface area (Å²) in [5.41, 5.74) is -3.98. The third-order valence-electron chi connectivity index (χ3n) is 6.02. The molecule has 8 nitrogen and oxygen atoms in total. The van der Waals surface area contributed by atoms with Crippen LogP contribution in [0.1, 0.15) is 109 Å². The number of hydrogen-bond donors (Lipinski definition) is 2. The Morgan fingerprint density at radius 3 is 1.66 bits per heavy atom. The lowest BCUT2D eigenvalue weighted by Crippen LogP contribution is -2.51. The number of ketones is 2. The molecule has 0 saturated heterocycles. The van der Waals surface area contributed by atoms with Crippen LogP contribution in [0, 0.1) is 5.41 Å². The Morgan fingerprint density at radius 2 is 1.19 bits per heavy atom. The summed E-state index contributed by atoms with van der Waals surface area (Å²) in [6.45, 7) is 4.53. The molecule has 0 aliphatic rings. The molecule has 0 atom stereocenters. The third-order valence-corrected chi connectivity index (χ3v) is 6.02. The molecule has 8 heteroatoms. The van der Waals surface area contributed by atoms with E-state index < -0.39 is 34.3 Å². The van der Waals surface area contributed by atoms with E-state index in [-0.39, 0.29) is 6.42 Å². The van der Waals surface area contributed by atoms with Crippen LogP contribution in [0.4, 0.5) is 0 Å². The maximum Gasteiger partial charge on any atom is 0.351 e. The monoisotopic (exact) mass is 449 g/mol. The van der Waals surface area contributed by atoms with Gasteiger partial charge in [0.1, 0.15) is 0 Å². The molecule has 1 rings (SSSR count). The molecule has 1 aromatic heterocycles. The minimum Gasteiger partial charge on any atom is -0.298 e. The van der Waals surface area contributed by atoms with Gasteiger partial charge >= 0.3 is 11.4 Å². The zero-order chi connectivity index (χ0) is 24.0. The van der Waals surface area contributed by atoms with Gasteiger partial charge in [0.05, 0.1) is 0 Å². The van der Waals surface area contributed by atoms with Crippen molar-refractivity contribution in [1.82, 2.24) is 14.8 Å². The summed E-state index contributed by atoms with van der Waals surface area (Å²) < 4.78 is 0.303. The van der Waals surface area contributed by atoms with Crippen LogP contribution in [0.25, 0.3) is 0 Å². The van der Waals surface area contributed by atoms with E-state index in [2.05, 4.69) is 19.1 Å². The van der Waals surface area contributed by atoms with Crippen LogP contribution in [-0.2, 0) is 9.59 Å². The normalized spacial score (nSPS) is 11.8. The van der Waals surface area contributed by atoms with Crippen LogP contribution in [-0.4, -0.2) is 32.2 Å². The van der Waals surface area contributed by atoms with Crippen LogP contribution in [0.5, 0.6) is 0 Å². The fourth-order valence-corrected chi connectivity index (χ4v) is 3.98. The number of carbonyl (C=O) groups excluding carboxylic acids is 3. The van der Waals surface area contributed by atoms with Gasteiger partial charge in [-0.15, -0.1) is 0 Å². The Labute approximate surface area is 189 Å². The summed E-state index contributed by atoms with van der Waals surface area (Å²) in [4.78, 5) is 61.2. The summed E-state index contributed by atoms with van der Waals surface area (Å²) in [6.07, 6.45) is 17.4. The molecule has 0 aliphatic heterocycles. The molecule has 0 unspecified atom stereocenters. The lowest BCUT2D eigenvalue weighted by molar-refractivity contribution is -0.135. The third kappa shape index (κ3) is 7.88. The van der Waals surface area contributed by atoms with Gasteiger partial charge in [0.25, 0.3) is 5.91 Å². The minimum atomic E-state index is -2.00. The van der Waals surface area contributed by atoms with Crippen molar-refractivity contribution in [3.8, 4) is 0 Å². The molecule has 0 fully saturated rings. The molecule has 180 valence electrons. The van der Waals surface area contributed by atoms with Gasteiger partial charge in [0, 0.05) is 0 Å². The first-order chi connectivity index (χ1) is 15.3. The van der Waals surface area contributed by atoms with Gasteiger partial charge in [0.2, 0.25) is 0 Å². The Morgan fingerprint density at radius 1 is 0.750 bits per heavy atom. The van der Waals surface area contributed by atoms with Crippen molar-refractivity contribution in [3.63, 3.8) is 0 Å². The number of H-pyrrole nitrogens is 2. The number of hydrogen-bond acceptors (Lipinski definition) is 5. The van der Waals surface area contributed by atoms with Crippen LogP contribution in [0.3, 0.4) is 0 Å². The molecule has 0 radical (unpaired) electrons. The summed E-state index contributed by atoms with van der Waals surface area (Å²) in [5, 5.41) is 4.02. The maximum absolute atomic E-state index is 12.9. The first-order valence-electron chi connectivity index (χ1n) is 11.9. The topological polar surface area (TPSA) is 122 Å². The summed E-state index contributed by atoms with van der Waals surface area (Å²) in [5.74, 6) is -2.39. The van der Waals surface area contributed by atoms with Gasteiger partial charge < -0.3 is 0 Å². The van der Waals surface area contributed by atoms with Crippen LogP contribution < -0.4 is 11.4 Å². The fraction of sp³-hybridized carbons (Fsp3) is 0.708. The van der Waals surface area contributed by atoms with Crippen LogP contribution in [0.15, 0.2) is 21.7 Å². The molecule has 0 spiro atoms. The van der Waals surface area contributed by atoms with Crippen molar-refractivity contribution in [2.75, 3.05) is 0 Å². The maximum atomic E-state index is 12.9. The lowest BCUT2D eigenvalue weighted by Gasteiger charge is -2.26. The number of Topliss-reactive ketones (excluding diaryl/α,β-unsaturated/α-hetero) is 2. The summed E-state index contributed by atoms with van der Waals surface area (Å²) >= 11 is 0. The van der Waals surface area contributed by atoms with E-state index >= 15 is 0 Å².